The first-order chi connectivity index (χ1) is 37.6. The standard InChI is InChI=1S/C68H119NO8/c1-6-8-10-12-14-16-18-20-21-22-23-24-25-26-27-28-29-30-31-32-33-34-35-36-37-38-39-40-41-42-43-44-45-47-49-51-53-55-57-59-66(71)77-64(63-76-68(67(72)73)74-61-60-69(3,4)5)62-75-65(70)58-56-54-52-50-48-46-19-17-15-13-11-9-7-2/h8,10-11,13-14,16-17,19-21,23-24,26-27,64,68H,6-7,9,12,15,18,22,25,28-63H2,1-5H3/b10-8-,13-11-,16-14-,19-17-,21-20-,24-23-,27-26-. The Bertz CT molecular complexity index is 1540. The molecule has 0 saturated carbocycles. The molecule has 0 aliphatic rings. The molecule has 9 nitrogen and oxygen atoms in total. The predicted octanol–water partition coefficient (Wildman–Crippen LogP) is 17.8. The molecule has 2 atom stereocenters. The fourth-order valence-electron chi connectivity index (χ4n) is 8.78. The molecule has 0 aliphatic carbocycles. The number of likely N-dealkylation sites (N-methyl/N-ethyl adjacent to an activating group) is 1. The Labute approximate surface area is 474 Å². The molecule has 0 aromatic rings. The van der Waals surface area contributed by atoms with Crippen molar-refractivity contribution < 1.29 is 42.9 Å². The fourth-order valence-corrected chi connectivity index (χ4v) is 8.78. The number of carboxylic acid groups (broad SMARTS) is 1. The van der Waals surface area contributed by atoms with Crippen molar-refractivity contribution in [1.82, 2.24) is 0 Å². The SMILES string of the molecule is CC/C=C\C/C=C\C/C=C\C/C=C\C/C=C\CCCCCCCCCCCCCCCCCCCCCCCCCC(=O)OC(COC(=O)CCCCCCC/C=C\C/C=C\CCC)COC(OCC[N+](C)(C)C)C(=O)[O-]. The van der Waals surface area contributed by atoms with Gasteiger partial charge in [0.05, 0.1) is 40.3 Å². The number of carbonyl (C=O) groups is 3. The molecule has 0 aromatic carbocycles. The van der Waals surface area contributed by atoms with Crippen molar-refractivity contribution in [3.63, 3.8) is 0 Å². The summed E-state index contributed by atoms with van der Waals surface area (Å²) in [4.78, 5) is 37.2. The Morgan fingerprint density at radius 1 is 0.403 bits per heavy atom. The van der Waals surface area contributed by atoms with Crippen molar-refractivity contribution in [1.29, 1.82) is 0 Å². The maximum Gasteiger partial charge on any atom is 0.306 e. The molecular weight excluding hydrogens is 959 g/mol. The highest BCUT2D eigenvalue weighted by Crippen LogP contribution is 2.17. The molecule has 0 saturated heterocycles. The summed E-state index contributed by atoms with van der Waals surface area (Å²) in [5.74, 6) is -2.29. The van der Waals surface area contributed by atoms with E-state index in [1.54, 1.807) is 0 Å². The van der Waals surface area contributed by atoms with E-state index in [9.17, 15) is 19.5 Å². The molecule has 2 unspecified atom stereocenters. The third-order valence-electron chi connectivity index (χ3n) is 13.6. The number of allylic oxidation sites excluding steroid dienone is 14. The maximum absolute atomic E-state index is 12.9. The minimum absolute atomic E-state index is 0.144. The lowest BCUT2D eigenvalue weighted by atomic mass is 10.0. The van der Waals surface area contributed by atoms with E-state index in [0.717, 1.165) is 96.3 Å². The lowest BCUT2D eigenvalue weighted by Gasteiger charge is -2.26. The van der Waals surface area contributed by atoms with Gasteiger partial charge in [-0.1, -0.05) is 259 Å². The quantitative estimate of drug-likeness (QED) is 0.0195. The van der Waals surface area contributed by atoms with Crippen molar-refractivity contribution in [2.45, 2.75) is 283 Å². The van der Waals surface area contributed by atoms with Gasteiger partial charge in [0.1, 0.15) is 13.2 Å². The normalized spacial score (nSPS) is 13.3. The molecule has 0 aliphatic heterocycles. The van der Waals surface area contributed by atoms with E-state index in [-0.39, 0.29) is 38.6 Å². The number of hydrogen-bond donors (Lipinski definition) is 0. The first-order valence-corrected chi connectivity index (χ1v) is 31.7. The Morgan fingerprint density at radius 2 is 0.740 bits per heavy atom. The smallest absolute Gasteiger partial charge is 0.306 e. The molecule has 0 spiro atoms. The average Bonchev–Trinajstić information content (AvgIpc) is 3.40. The number of rotatable bonds is 58. The van der Waals surface area contributed by atoms with Gasteiger partial charge in [-0.15, -0.1) is 0 Å². The van der Waals surface area contributed by atoms with E-state index >= 15 is 0 Å². The van der Waals surface area contributed by atoms with E-state index in [2.05, 4.69) is 98.9 Å². The molecule has 0 rings (SSSR count). The van der Waals surface area contributed by atoms with E-state index in [4.69, 9.17) is 18.9 Å². The second kappa shape index (κ2) is 58.6. The Morgan fingerprint density at radius 3 is 1.10 bits per heavy atom. The van der Waals surface area contributed by atoms with Crippen molar-refractivity contribution in [3.05, 3.63) is 85.1 Å². The molecule has 77 heavy (non-hydrogen) atoms. The summed E-state index contributed by atoms with van der Waals surface area (Å²) in [7, 11) is 5.92. The summed E-state index contributed by atoms with van der Waals surface area (Å²) >= 11 is 0. The van der Waals surface area contributed by atoms with Crippen LogP contribution in [0.3, 0.4) is 0 Å². The Hall–Kier alpha value is -3.53. The number of esters is 2. The molecule has 0 N–H and O–H groups in total. The molecule has 0 amide bonds. The van der Waals surface area contributed by atoms with Gasteiger partial charge >= 0.3 is 11.9 Å². The predicted molar refractivity (Wildman–Crippen MR) is 324 cm³/mol. The molecule has 9 heteroatoms. The molecule has 0 bridgehead atoms. The third kappa shape index (κ3) is 60.0. The lowest BCUT2D eigenvalue weighted by molar-refractivity contribution is -0.870. The van der Waals surface area contributed by atoms with E-state index < -0.39 is 24.3 Å². The van der Waals surface area contributed by atoms with Crippen LogP contribution in [0.5, 0.6) is 0 Å². The number of nitrogens with zero attached hydrogens (tertiary/aromatic N) is 1. The van der Waals surface area contributed by atoms with Gasteiger partial charge in [0.25, 0.3) is 0 Å². The minimum Gasteiger partial charge on any atom is -0.545 e. The highest BCUT2D eigenvalue weighted by atomic mass is 16.7. The van der Waals surface area contributed by atoms with Gasteiger partial charge in [-0.3, -0.25) is 9.59 Å². The van der Waals surface area contributed by atoms with Crippen LogP contribution in [-0.4, -0.2) is 82.3 Å². The second-order valence-electron chi connectivity index (χ2n) is 22.3. The van der Waals surface area contributed by atoms with Crippen molar-refractivity contribution in [2.24, 2.45) is 0 Å². The van der Waals surface area contributed by atoms with Crippen LogP contribution in [0.15, 0.2) is 85.1 Å². The van der Waals surface area contributed by atoms with Crippen LogP contribution in [0, 0.1) is 0 Å². The summed E-state index contributed by atoms with van der Waals surface area (Å²) in [5.41, 5.74) is 0. The highest BCUT2D eigenvalue weighted by molar-refractivity contribution is 5.70. The molecule has 0 fully saturated rings. The number of aliphatic carboxylic acids is 1. The van der Waals surface area contributed by atoms with Crippen LogP contribution in [0.25, 0.3) is 0 Å². The molecule has 0 heterocycles. The van der Waals surface area contributed by atoms with Crippen LogP contribution < -0.4 is 5.11 Å². The largest absolute Gasteiger partial charge is 0.545 e. The number of ether oxygens (including phenoxy) is 4. The average molecular weight is 1080 g/mol. The van der Waals surface area contributed by atoms with Crippen molar-refractivity contribution >= 4 is 17.9 Å². The summed E-state index contributed by atoms with van der Waals surface area (Å²) in [6, 6.07) is 0. The highest BCUT2D eigenvalue weighted by Gasteiger charge is 2.22. The summed E-state index contributed by atoms with van der Waals surface area (Å²) in [5, 5.41) is 11.8. The van der Waals surface area contributed by atoms with Crippen LogP contribution in [-0.2, 0) is 33.3 Å². The molecular formula is C68H119NO8. The minimum atomic E-state index is -1.62. The Balaban J connectivity index is 3.97. The van der Waals surface area contributed by atoms with Gasteiger partial charge in [0.2, 0.25) is 0 Å². The number of unbranched alkanes of at least 4 members (excludes halogenated alkanes) is 29. The van der Waals surface area contributed by atoms with Gasteiger partial charge < -0.3 is 33.3 Å². The van der Waals surface area contributed by atoms with E-state index in [0.29, 0.717) is 17.4 Å². The number of quaternary nitrogens is 1. The number of hydrogen-bond acceptors (Lipinski definition) is 8. The van der Waals surface area contributed by atoms with E-state index in [1.807, 2.05) is 21.1 Å². The van der Waals surface area contributed by atoms with Crippen LogP contribution >= 0.6 is 0 Å². The van der Waals surface area contributed by atoms with Crippen LogP contribution in [0.4, 0.5) is 0 Å². The second-order valence-corrected chi connectivity index (χ2v) is 22.3. The summed E-state index contributed by atoms with van der Waals surface area (Å²) < 4.78 is 22.7. The third-order valence-corrected chi connectivity index (χ3v) is 13.6. The molecule has 0 aromatic heterocycles. The van der Waals surface area contributed by atoms with Gasteiger partial charge in [-0.2, -0.15) is 0 Å². The lowest BCUT2D eigenvalue weighted by Crippen LogP contribution is -2.44. The number of carbonyl (C=O) groups excluding carboxylic acids is 3. The van der Waals surface area contributed by atoms with Gasteiger partial charge in [-0.25, -0.2) is 0 Å². The zero-order valence-corrected chi connectivity index (χ0v) is 50.6. The van der Waals surface area contributed by atoms with Crippen molar-refractivity contribution in [3.8, 4) is 0 Å². The first-order valence-electron chi connectivity index (χ1n) is 31.7. The van der Waals surface area contributed by atoms with Crippen LogP contribution in [0.2, 0.25) is 0 Å². The first kappa shape index (κ1) is 73.5. The topological polar surface area (TPSA) is 111 Å². The van der Waals surface area contributed by atoms with E-state index in [1.165, 1.54) is 141 Å². The monoisotopic (exact) mass is 1080 g/mol. The summed E-state index contributed by atoms with van der Waals surface area (Å²) in [6.45, 7) is 4.56. The van der Waals surface area contributed by atoms with Gasteiger partial charge in [0.15, 0.2) is 12.4 Å². The number of carboxylic acids is 1. The summed E-state index contributed by atoms with van der Waals surface area (Å²) in [6.07, 6.45) is 75.3. The zero-order valence-electron chi connectivity index (χ0n) is 50.6. The maximum atomic E-state index is 12.9. The zero-order chi connectivity index (χ0) is 56.2. The Kier molecular flexibility index (Phi) is 55.9. The fraction of sp³-hybridized carbons (Fsp3) is 0.750. The molecule has 0 radical (unpaired) electrons. The van der Waals surface area contributed by atoms with Crippen molar-refractivity contribution in [2.75, 3.05) is 47.5 Å². The molecule has 444 valence electrons. The van der Waals surface area contributed by atoms with Crippen LogP contribution in [0.1, 0.15) is 271 Å². The van der Waals surface area contributed by atoms with Gasteiger partial charge in [0, 0.05) is 12.8 Å². The van der Waals surface area contributed by atoms with Gasteiger partial charge in [-0.05, 0) is 83.5 Å².